The molecule has 0 aliphatic carbocycles. The van der Waals surface area contributed by atoms with Crippen LogP contribution in [0.4, 0.5) is 0 Å². The van der Waals surface area contributed by atoms with E-state index in [0.717, 1.165) is 0 Å². The number of hydrazine groups is 1. The number of alkyl halides is 2. The van der Waals surface area contributed by atoms with Gasteiger partial charge in [-0.15, -0.1) is 3.82 Å². The summed E-state index contributed by atoms with van der Waals surface area (Å²) in [7, 11) is 0. The van der Waals surface area contributed by atoms with Gasteiger partial charge < -0.3 is 0 Å². The van der Waals surface area contributed by atoms with Gasteiger partial charge in [0.2, 0.25) is 4.46 Å². The lowest BCUT2D eigenvalue weighted by Gasteiger charge is -2.13. The highest BCUT2D eigenvalue weighted by atomic mass is 35.5. The molecule has 0 radical (unpaired) electrons. The Hall–Kier alpha value is 1.55. The maximum absolute atomic E-state index is 5.68. The smallest absolute Gasteiger partial charge is 0.200 e. The van der Waals surface area contributed by atoms with E-state index in [2.05, 4.69) is 30.9 Å². The number of thiol groups is 2. The molecule has 2 nitrogen and oxygen atoms in total. The highest BCUT2D eigenvalue weighted by molar-refractivity contribution is 8.13. The largest absolute Gasteiger partial charge is 0.204 e. The van der Waals surface area contributed by atoms with Crippen molar-refractivity contribution in [3.63, 3.8) is 0 Å². The van der Waals surface area contributed by atoms with Crippen LogP contribution in [0.25, 0.3) is 0 Å². The third kappa shape index (κ3) is 1.99. The van der Waals surface area contributed by atoms with Gasteiger partial charge in [0.05, 0.1) is 0 Å². The van der Waals surface area contributed by atoms with E-state index in [1.54, 1.807) is 0 Å². The van der Waals surface area contributed by atoms with E-state index in [0.29, 0.717) is 0 Å². The minimum absolute atomic E-state index is 0.182. The van der Waals surface area contributed by atoms with Crippen LogP contribution >= 0.6 is 60.6 Å². The SMILES string of the molecule is SC1SN(S)NC1(Cl)Cl. The van der Waals surface area contributed by atoms with E-state index in [9.17, 15) is 0 Å². The summed E-state index contributed by atoms with van der Waals surface area (Å²) in [5.41, 5.74) is 2.66. The van der Waals surface area contributed by atoms with Crippen LogP contribution in [-0.2, 0) is 0 Å². The zero-order valence-electron chi connectivity index (χ0n) is 4.08. The second kappa shape index (κ2) is 2.89. The summed E-state index contributed by atoms with van der Waals surface area (Å²) in [6.07, 6.45) is 0. The van der Waals surface area contributed by atoms with Gasteiger partial charge in [0.1, 0.15) is 4.58 Å². The highest BCUT2D eigenvalue weighted by Gasteiger charge is 2.41. The van der Waals surface area contributed by atoms with Crippen LogP contribution in [-0.4, -0.2) is 12.9 Å². The average Bonchev–Trinajstić information content (AvgIpc) is 1.79. The van der Waals surface area contributed by atoms with Crippen LogP contribution in [0, 0.1) is 0 Å². The van der Waals surface area contributed by atoms with Crippen molar-refractivity contribution in [2.45, 2.75) is 9.04 Å². The Bertz CT molecular complexity index is 120. The third-order valence-electron chi connectivity index (χ3n) is 0.755. The zero-order chi connectivity index (χ0) is 7.07. The molecule has 0 aromatic rings. The highest BCUT2D eigenvalue weighted by Crippen LogP contribution is 2.42. The van der Waals surface area contributed by atoms with Gasteiger partial charge in [0.25, 0.3) is 0 Å². The van der Waals surface area contributed by atoms with Gasteiger partial charge in [-0.05, 0) is 11.9 Å². The number of nitrogens with one attached hydrogen (secondary N) is 1. The van der Waals surface area contributed by atoms with Crippen molar-refractivity contribution in [2.75, 3.05) is 0 Å². The lowest BCUT2D eigenvalue weighted by Crippen LogP contribution is -2.35. The molecule has 1 unspecified atom stereocenters. The summed E-state index contributed by atoms with van der Waals surface area (Å²) in [5.74, 6) is 0. The van der Waals surface area contributed by atoms with E-state index in [4.69, 9.17) is 23.2 Å². The molecule has 0 spiro atoms. The Balaban J connectivity index is 2.58. The molecule has 1 N–H and O–H groups in total. The van der Waals surface area contributed by atoms with Crippen LogP contribution in [0.5, 0.6) is 0 Å². The van der Waals surface area contributed by atoms with Crippen molar-refractivity contribution in [1.82, 2.24) is 9.25 Å². The molecule has 0 amide bonds. The molecule has 1 saturated heterocycles. The van der Waals surface area contributed by atoms with E-state index in [-0.39, 0.29) is 4.58 Å². The van der Waals surface area contributed by atoms with Crippen LogP contribution in [0.2, 0.25) is 0 Å². The molecule has 1 heterocycles. The van der Waals surface area contributed by atoms with Crippen molar-refractivity contribution in [3.8, 4) is 0 Å². The van der Waals surface area contributed by atoms with Crippen LogP contribution in [0.1, 0.15) is 0 Å². The minimum atomic E-state index is -1.00. The Kier molecular flexibility index (Phi) is 2.77. The number of hydrogen-bond donors (Lipinski definition) is 3. The van der Waals surface area contributed by atoms with E-state index >= 15 is 0 Å². The summed E-state index contributed by atoms with van der Waals surface area (Å²) in [6, 6.07) is 0. The molecule has 0 bridgehead atoms. The summed E-state index contributed by atoms with van der Waals surface area (Å²) >= 11 is 20.7. The summed E-state index contributed by atoms with van der Waals surface area (Å²) in [5, 5.41) is 0. The third-order valence-corrected chi connectivity index (χ3v) is 3.82. The number of halogens is 2. The van der Waals surface area contributed by atoms with Gasteiger partial charge in [-0.2, -0.15) is 18.1 Å². The monoisotopic (exact) mass is 222 g/mol. The van der Waals surface area contributed by atoms with Gasteiger partial charge in [0, 0.05) is 0 Å². The molecule has 1 aliphatic heterocycles. The van der Waals surface area contributed by atoms with E-state index < -0.39 is 4.46 Å². The topological polar surface area (TPSA) is 15.3 Å². The molecule has 1 atom stereocenters. The standard InChI is InChI=1S/C2H4Cl2N2S3/c3-2(4)1(7)9-6(8)5-2/h1,5,7-8H. The number of hydrogen-bond acceptors (Lipinski definition) is 5. The quantitative estimate of drug-likeness (QED) is 0.251. The molecule has 0 aromatic carbocycles. The average molecular weight is 223 g/mol. The van der Waals surface area contributed by atoms with Gasteiger partial charge in [-0.1, -0.05) is 36.0 Å². The molecular weight excluding hydrogens is 219 g/mol. The molecular formula is C2H4Cl2N2S3. The fourth-order valence-electron chi connectivity index (χ4n) is 0.370. The Morgan fingerprint density at radius 2 is 2.22 bits per heavy atom. The zero-order valence-corrected chi connectivity index (χ0v) is 8.20. The van der Waals surface area contributed by atoms with Gasteiger partial charge >= 0.3 is 0 Å². The van der Waals surface area contributed by atoms with Crippen molar-refractivity contribution in [1.29, 1.82) is 0 Å². The maximum Gasteiger partial charge on any atom is 0.204 e. The first-order chi connectivity index (χ1) is 4.02. The molecule has 54 valence electrons. The first kappa shape index (κ1) is 8.64. The van der Waals surface area contributed by atoms with E-state index in [1.165, 1.54) is 15.8 Å². The van der Waals surface area contributed by atoms with Crippen LogP contribution in [0.15, 0.2) is 0 Å². The fraction of sp³-hybridized carbons (Fsp3) is 1.00. The normalized spacial score (nSPS) is 35.3. The Morgan fingerprint density at radius 1 is 1.67 bits per heavy atom. The van der Waals surface area contributed by atoms with Gasteiger partial charge in [-0.3, -0.25) is 0 Å². The summed E-state index contributed by atoms with van der Waals surface area (Å²) in [6.45, 7) is 0. The molecule has 1 aliphatic rings. The molecule has 7 heteroatoms. The van der Waals surface area contributed by atoms with E-state index in [1.807, 2.05) is 0 Å². The van der Waals surface area contributed by atoms with Gasteiger partial charge in [0.15, 0.2) is 0 Å². The maximum atomic E-state index is 5.68. The molecule has 1 rings (SSSR count). The molecule has 1 fully saturated rings. The molecule has 9 heavy (non-hydrogen) atoms. The molecule has 0 aromatic heterocycles. The predicted octanol–water partition coefficient (Wildman–Crippen LogP) is 1.69. The van der Waals surface area contributed by atoms with Crippen molar-refractivity contribution in [2.24, 2.45) is 0 Å². The second-order valence-corrected chi connectivity index (χ2v) is 5.44. The Labute approximate surface area is 78.7 Å². The molecule has 0 saturated carbocycles. The first-order valence-electron chi connectivity index (χ1n) is 2.02. The lowest BCUT2D eigenvalue weighted by atomic mass is 10.7. The fourth-order valence-corrected chi connectivity index (χ4v) is 2.57. The van der Waals surface area contributed by atoms with Crippen molar-refractivity contribution in [3.05, 3.63) is 0 Å². The van der Waals surface area contributed by atoms with Crippen molar-refractivity contribution >= 4 is 60.6 Å². The predicted molar refractivity (Wildman–Crippen MR) is 48.8 cm³/mol. The lowest BCUT2D eigenvalue weighted by molar-refractivity contribution is 0.529. The summed E-state index contributed by atoms with van der Waals surface area (Å²) in [4.78, 5) is 0. The minimum Gasteiger partial charge on any atom is -0.200 e. The Morgan fingerprint density at radius 3 is 2.33 bits per heavy atom. The summed E-state index contributed by atoms with van der Waals surface area (Å²) < 4.78 is 0.242. The first-order valence-corrected chi connectivity index (χ1v) is 4.53. The van der Waals surface area contributed by atoms with Crippen molar-refractivity contribution < 1.29 is 0 Å². The number of rotatable bonds is 0. The number of nitrogens with zero attached hydrogens (tertiary/aromatic N) is 1. The van der Waals surface area contributed by atoms with Crippen LogP contribution < -0.4 is 5.43 Å². The second-order valence-electron chi connectivity index (χ2n) is 1.47. The van der Waals surface area contributed by atoms with Gasteiger partial charge in [-0.25, -0.2) is 0 Å². The van der Waals surface area contributed by atoms with Crippen LogP contribution in [0.3, 0.4) is 0 Å².